The van der Waals surface area contributed by atoms with Crippen LogP contribution in [0.15, 0.2) is 54.6 Å². The number of amides is 1. The summed E-state index contributed by atoms with van der Waals surface area (Å²) >= 11 is 19.0. The zero-order valence-corrected chi connectivity index (χ0v) is 25.8. The number of hydrogen-bond acceptors (Lipinski definition) is 5. The van der Waals surface area contributed by atoms with Crippen LogP contribution in [0.1, 0.15) is 41.5 Å². The Hall–Kier alpha value is -2.48. The molecular formula is C32H37Cl3N2O4. The van der Waals surface area contributed by atoms with Crippen LogP contribution in [0.2, 0.25) is 15.1 Å². The predicted octanol–water partition coefficient (Wildman–Crippen LogP) is 7.05. The molecule has 220 valence electrons. The first-order chi connectivity index (χ1) is 19.7. The van der Waals surface area contributed by atoms with Gasteiger partial charge in [0.1, 0.15) is 19.0 Å². The van der Waals surface area contributed by atoms with Crippen LogP contribution in [0, 0.1) is 6.92 Å². The summed E-state index contributed by atoms with van der Waals surface area (Å²) in [7, 11) is 1.70. The molecule has 0 saturated heterocycles. The smallest absolute Gasteiger partial charge is 0.240 e. The fourth-order valence-electron chi connectivity index (χ4n) is 4.69. The van der Waals surface area contributed by atoms with Gasteiger partial charge in [0.25, 0.3) is 0 Å². The molecule has 0 heterocycles. The van der Waals surface area contributed by atoms with Crippen molar-refractivity contribution in [2.75, 3.05) is 26.9 Å². The zero-order chi connectivity index (χ0) is 29.4. The topological polar surface area (TPSA) is 74.0 Å². The van der Waals surface area contributed by atoms with Crippen molar-refractivity contribution in [3.8, 4) is 11.5 Å². The van der Waals surface area contributed by atoms with Crippen molar-refractivity contribution in [2.45, 2.75) is 57.7 Å². The van der Waals surface area contributed by atoms with Crippen LogP contribution in [-0.2, 0) is 28.9 Å². The van der Waals surface area contributed by atoms with Gasteiger partial charge in [0.15, 0.2) is 5.75 Å². The number of rotatable bonds is 15. The largest absolute Gasteiger partial charge is 0.490 e. The number of nitrogens with zero attached hydrogens (tertiary/aromatic N) is 1. The van der Waals surface area contributed by atoms with Gasteiger partial charge in [-0.3, -0.25) is 4.79 Å². The van der Waals surface area contributed by atoms with Crippen molar-refractivity contribution in [2.24, 2.45) is 5.73 Å². The van der Waals surface area contributed by atoms with E-state index in [-0.39, 0.29) is 11.9 Å². The van der Waals surface area contributed by atoms with Crippen LogP contribution in [0.3, 0.4) is 0 Å². The van der Waals surface area contributed by atoms with Gasteiger partial charge in [-0.2, -0.15) is 0 Å². The molecule has 1 amide bonds. The van der Waals surface area contributed by atoms with Gasteiger partial charge < -0.3 is 24.8 Å². The van der Waals surface area contributed by atoms with Gasteiger partial charge in [-0.1, -0.05) is 59.1 Å². The summed E-state index contributed by atoms with van der Waals surface area (Å²) in [4.78, 5) is 15.3. The summed E-state index contributed by atoms with van der Waals surface area (Å²) in [6.07, 6.45) is 4.24. The van der Waals surface area contributed by atoms with Crippen LogP contribution in [0.5, 0.6) is 11.5 Å². The lowest BCUT2D eigenvalue weighted by atomic mass is 10.0. The second kappa shape index (κ2) is 15.1. The fourth-order valence-corrected chi connectivity index (χ4v) is 5.57. The highest BCUT2D eigenvalue weighted by Gasteiger charge is 2.35. The van der Waals surface area contributed by atoms with E-state index in [2.05, 4.69) is 6.07 Å². The van der Waals surface area contributed by atoms with E-state index >= 15 is 0 Å². The van der Waals surface area contributed by atoms with Crippen LogP contribution in [-0.4, -0.2) is 49.8 Å². The van der Waals surface area contributed by atoms with E-state index in [0.29, 0.717) is 59.4 Å². The molecule has 41 heavy (non-hydrogen) atoms. The maximum absolute atomic E-state index is 13.4. The quantitative estimate of drug-likeness (QED) is 0.185. The molecule has 0 spiro atoms. The van der Waals surface area contributed by atoms with Crippen LogP contribution in [0.25, 0.3) is 0 Å². The number of halogens is 3. The summed E-state index contributed by atoms with van der Waals surface area (Å²) in [5.41, 5.74) is 10.5. The number of aryl methyl sites for hydroxylation is 2. The molecule has 1 aliphatic rings. The van der Waals surface area contributed by atoms with E-state index in [4.69, 9.17) is 54.7 Å². The third-order valence-electron chi connectivity index (χ3n) is 6.97. The highest BCUT2D eigenvalue weighted by molar-refractivity contribution is 6.37. The average Bonchev–Trinajstić information content (AvgIpc) is 3.78. The molecule has 0 aliphatic heterocycles. The monoisotopic (exact) mass is 618 g/mol. The molecule has 1 fully saturated rings. The maximum Gasteiger partial charge on any atom is 0.240 e. The third kappa shape index (κ3) is 9.25. The Morgan fingerprint density at radius 3 is 2.24 bits per heavy atom. The average molecular weight is 620 g/mol. The van der Waals surface area contributed by atoms with Crippen molar-refractivity contribution in [3.63, 3.8) is 0 Å². The van der Waals surface area contributed by atoms with E-state index < -0.39 is 6.04 Å². The van der Waals surface area contributed by atoms with Gasteiger partial charge in [-0.15, -0.1) is 0 Å². The van der Waals surface area contributed by atoms with E-state index in [1.807, 2.05) is 48.2 Å². The van der Waals surface area contributed by atoms with E-state index in [1.165, 1.54) is 5.56 Å². The molecule has 2 N–H and O–H groups in total. The van der Waals surface area contributed by atoms with E-state index in [0.717, 1.165) is 42.4 Å². The summed E-state index contributed by atoms with van der Waals surface area (Å²) in [6, 6.07) is 16.8. The van der Waals surface area contributed by atoms with Gasteiger partial charge in [-0.25, -0.2) is 0 Å². The van der Waals surface area contributed by atoms with Crippen molar-refractivity contribution >= 4 is 40.7 Å². The third-order valence-corrected chi connectivity index (χ3v) is 7.90. The Balaban J connectivity index is 1.28. The minimum absolute atomic E-state index is 0.0562. The summed E-state index contributed by atoms with van der Waals surface area (Å²) in [5.74, 6) is 1.09. The molecule has 3 aromatic carbocycles. The van der Waals surface area contributed by atoms with Crippen molar-refractivity contribution in [3.05, 3.63) is 91.9 Å². The van der Waals surface area contributed by atoms with E-state index in [1.54, 1.807) is 19.2 Å². The minimum Gasteiger partial charge on any atom is -0.490 e. The number of nitrogens with two attached hydrogens (primary N) is 1. The first-order valence-corrected chi connectivity index (χ1v) is 15.0. The molecular weight excluding hydrogens is 583 g/mol. The molecule has 0 radical (unpaired) electrons. The van der Waals surface area contributed by atoms with Crippen LogP contribution >= 0.6 is 34.8 Å². The highest BCUT2D eigenvalue weighted by atomic mass is 35.5. The summed E-state index contributed by atoms with van der Waals surface area (Å²) in [5, 5.41) is 1.61. The molecule has 3 aromatic rings. The number of carbonyl (C=O) groups excluding carboxylic acids is 1. The Kier molecular flexibility index (Phi) is 11.6. The molecule has 0 aromatic heterocycles. The summed E-state index contributed by atoms with van der Waals surface area (Å²) in [6.45, 7) is 3.70. The normalized spacial score (nSPS) is 13.6. The van der Waals surface area contributed by atoms with Crippen molar-refractivity contribution in [1.29, 1.82) is 0 Å². The van der Waals surface area contributed by atoms with Gasteiger partial charge in [0.2, 0.25) is 5.91 Å². The van der Waals surface area contributed by atoms with Crippen molar-refractivity contribution in [1.82, 2.24) is 4.90 Å². The highest BCUT2D eigenvalue weighted by Crippen LogP contribution is 2.34. The Labute approximate surface area is 257 Å². The maximum atomic E-state index is 13.4. The van der Waals surface area contributed by atoms with Gasteiger partial charge >= 0.3 is 0 Å². The number of hydrogen-bond donors (Lipinski definition) is 1. The molecule has 1 aliphatic carbocycles. The lowest BCUT2D eigenvalue weighted by Crippen LogP contribution is -2.45. The molecule has 1 unspecified atom stereocenters. The van der Waals surface area contributed by atoms with Crippen molar-refractivity contribution < 1.29 is 19.0 Å². The minimum atomic E-state index is -0.650. The Bertz CT molecular complexity index is 1290. The van der Waals surface area contributed by atoms with Gasteiger partial charge in [-0.05, 0) is 91.6 Å². The van der Waals surface area contributed by atoms with E-state index in [9.17, 15) is 4.79 Å². The lowest BCUT2D eigenvalue weighted by molar-refractivity contribution is -0.133. The summed E-state index contributed by atoms with van der Waals surface area (Å²) < 4.78 is 16.7. The Morgan fingerprint density at radius 2 is 1.59 bits per heavy atom. The molecule has 1 atom stereocenters. The number of ether oxygens (including phenoxy) is 3. The molecule has 6 nitrogen and oxygen atoms in total. The number of methoxy groups -OCH3 is 1. The molecule has 0 bridgehead atoms. The van der Waals surface area contributed by atoms with Crippen LogP contribution in [0.4, 0.5) is 0 Å². The standard InChI is InChI=1S/C32H37Cl3N2O4/c1-21-16-28(34)31(29(35)17-21)41-15-14-40-26-10-5-23(6-11-26)19-30(36)32(38)37(25-8-9-25)20-24-18-22(4-3-13-39-2)7-12-27(24)33/h5-7,10-12,16-18,25,30H,3-4,8-9,13-15,19-20,36H2,1-2H3. The first-order valence-electron chi connectivity index (χ1n) is 13.9. The SMILES string of the molecule is COCCCc1ccc(Cl)c(CN(C(=O)C(N)Cc2ccc(OCCOc3c(Cl)cc(C)cc3Cl)cc2)C2CC2)c1. The molecule has 4 rings (SSSR count). The second-order valence-electron chi connectivity index (χ2n) is 10.4. The van der Waals surface area contributed by atoms with Gasteiger partial charge in [0.05, 0.1) is 16.1 Å². The fraction of sp³-hybridized carbons (Fsp3) is 0.406. The molecule has 1 saturated carbocycles. The first kappa shape index (κ1) is 31.5. The zero-order valence-electron chi connectivity index (χ0n) is 23.5. The Morgan fingerprint density at radius 1 is 0.927 bits per heavy atom. The predicted molar refractivity (Wildman–Crippen MR) is 166 cm³/mol. The second-order valence-corrected chi connectivity index (χ2v) is 11.7. The lowest BCUT2D eigenvalue weighted by Gasteiger charge is -2.26. The molecule has 9 heteroatoms. The number of carbonyl (C=O) groups is 1. The van der Waals surface area contributed by atoms with Crippen LogP contribution < -0.4 is 15.2 Å². The van der Waals surface area contributed by atoms with Gasteiger partial charge in [0, 0.05) is 31.3 Å². The number of benzene rings is 3.